The Labute approximate surface area is 128 Å². The fourth-order valence-electron chi connectivity index (χ4n) is 3.36. The summed E-state index contributed by atoms with van der Waals surface area (Å²) in [5, 5.41) is 12.6. The fraction of sp³-hybridized carbons (Fsp3) is 0.714. The highest BCUT2D eigenvalue weighted by Gasteiger charge is 2.38. The Hall–Kier alpha value is -1.96. The van der Waals surface area contributed by atoms with E-state index in [1.807, 2.05) is 0 Å². The van der Waals surface area contributed by atoms with Crippen LogP contribution in [0, 0.1) is 5.92 Å². The van der Waals surface area contributed by atoms with Gasteiger partial charge in [-0.3, -0.25) is 20.0 Å². The number of carbonyl (C=O) groups is 2. The standard InChI is InChI=1S/C14H21N5O3/c1-22-12(20)7-11-16-14(19-18-11)17-13(21)10-6-8-4-2-3-5-9(8)15-10/h8-10,15H,2-7H2,1H3,(H2,16,17,18,19,21). The molecule has 22 heavy (non-hydrogen) atoms. The number of nitrogens with one attached hydrogen (secondary N) is 3. The van der Waals surface area contributed by atoms with Crippen molar-refractivity contribution in [1.82, 2.24) is 20.5 Å². The van der Waals surface area contributed by atoms with Gasteiger partial charge in [-0.15, -0.1) is 5.10 Å². The summed E-state index contributed by atoms with van der Waals surface area (Å²) >= 11 is 0. The van der Waals surface area contributed by atoms with E-state index in [4.69, 9.17) is 0 Å². The van der Waals surface area contributed by atoms with Crippen LogP contribution in [-0.4, -0.2) is 46.3 Å². The number of fused-ring (bicyclic) bond motifs is 1. The lowest BCUT2D eigenvalue weighted by atomic mass is 9.85. The molecule has 3 rings (SSSR count). The lowest BCUT2D eigenvalue weighted by molar-refractivity contribution is -0.139. The number of methoxy groups -OCH3 is 1. The molecule has 2 heterocycles. The zero-order valence-corrected chi connectivity index (χ0v) is 12.6. The van der Waals surface area contributed by atoms with Gasteiger partial charge in [-0.25, -0.2) is 0 Å². The van der Waals surface area contributed by atoms with Crippen molar-refractivity contribution in [3.05, 3.63) is 5.82 Å². The van der Waals surface area contributed by atoms with E-state index in [2.05, 4.69) is 30.6 Å². The Balaban J connectivity index is 1.54. The van der Waals surface area contributed by atoms with Gasteiger partial charge < -0.3 is 10.1 Å². The predicted octanol–water partition coefficient (Wildman–Crippen LogP) is 0.379. The smallest absolute Gasteiger partial charge is 0.313 e. The van der Waals surface area contributed by atoms with Crippen LogP contribution in [0.15, 0.2) is 0 Å². The Morgan fingerprint density at radius 3 is 2.95 bits per heavy atom. The number of ether oxygens (including phenoxy) is 1. The van der Waals surface area contributed by atoms with Crippen LogP contribution < -0.4 is 10.6 Å². The Morgan fingerprint density at radius 1 is 1.36 bits per heavy atom. The summed E-state index contributed by atoms with van der Waals surface area (Å²) < 4.78 is 4.56. The first-order valence-corrected chi connectivity index (χ1v) is 7.70. The number of hydrogen-bond acceptors (Lipinski definition) is 6. The van der Waals surface area contributed by atoms with Gasteiger partial charge in [0.1, 0.15) is 12.2 Å². The zero-order chi connectivity index (χ0) is 15.5. The molecule has 1 aromatic rings. The number of H-pyrrole nitrogens is 1. The van der Waals surface area contributed by atoms with Gasteiger partial charge in [0, 0.05) is 6.04 Å². The number of anilines is 1. The number of aromatic amines is 1. The Bertz CT molecular complexity index is 544. The number of esters is 1. The first-order valence-electron chi connectivity index (χ1n) is 7.70. The summed E-state index contributed by atoms with van der Waals surface area (Å²) in [6.07, 6.45) is 5.72. The monoisotopic (exact) mass is 307 g/mol. The maximum absolute atomic E-state index is 12.3. The molecule has 1 aliphatic heterocycles. The van der Waals surface area contributed by atoms with E-state index in [0.717, 1.165) is 12.8 Å². The molecule has 3 N–H and O–H groups in total. The lowest BCUT2D eigenvalue weighted by Crippen LogP contribution is -2.40. The zero-order valence-electron chi connectivity index (χ0n) is 12.6. The van der Waals surface area contributed by atoms with Crippen LogP contribution in [0.25, 0.3) is 0 Å². The van der Waals surface area contributed by atoms with E-state index < -0.39 is 5.97 Å². The third-order valence-corrected chi connectivity index (χ3v) is 4.49. The minimum atomic E-state index is -0.407. The van der Waals surface area contributed by atoms with Gasteiger partial charge in [0.15, 0.2) is 0 Å². The molecule has 1 amide bonds. The number of amides is 1. The molecule has 3 unspecified atom stereocenters. The topological polar surface area (TPSA) is 109 Å². The third kappa shape index (κ3) is 3.27. The highest BCUT2D eigenvalue weighted by Crippen LogP contribution is 2.33. The maximum atomic E-state index is 12.3. The summed E-state index contributed by atoms with van der Waals surface area (Å²) in [7, 11) is 1.31. The summed E-state index contributed by atoms with van der Waals surface area (Å²) in [6, 6.07) is 0.280. The molecule has 2 fully saturated rings. The van der Waals surface area contributed by atoms with Gasteiger partial charge in [-0.1, -0.05) is 12.8 Å². The molecule has 0 aromatic carbocycles. The second-order valence-corrected chi connectivity index (χ2v) is 5.95. The van der Waals surface area contributed by atoms with Gasteiger partial charge in [-0.2, -0.15) is 4.98 Å². The third-order valence-electron chi connectivity index (χ3n) is 4.49. The molecule has 3 atom stereocenters. The summed E-state index contributed by atoms with van der Waals surface area (Å²) in [5.41, 5.74) is 0. The quantitative estimate of drug-likeness (QED) is 0.694. The first-order chi connectivity index (χ1) is 10.7. The molecule has 2 aliphatic rings. The van der Waals surface area contributed by atoms with Gasteiger partial charge in [0.25, 0.3) is 0 Å². The van der Waals surface area contributed by atoms with Crippen molar-refractivity contribution in [3.8, 4) is 0 Å². The SMILES string of the molecule is COC(=O)Cc1nc(NC(=O)C2CC3CCCCC3N2)n[nH]1. The average Bonchev–Trinajstić information content (AvgIpc) is 3.13. The van der Waals surface area contributed by atoms with Crippen molar-refractivity contribution >= 4 is 17.8 Å². The van der Waals surface area contributed by atoms with Crippen LogP contribution in [0.4, 0.5) is 5.95 Å². The largest absolute Gasteiger partial charge is 0.469 e. The molecule has 0 spiro atoms. The van der Waals surface area contributed by atoms with Gasteiger partial charge in [-0.05, 0) is 25.2 Å². The molecule has 0 bridgehead atoms. The summed E-state index contributed by atoms with van der Waals surface area (Å²) in [6.45, 7) is 0. The van der Waals surface area contributed by atoms with Crippen LogP contribution in [0.1, 0.15) is 37.9 Å². The van der Waals surface area contributed by atoms with E-state index in [0.29, 0.717) is 17.8 Å². The van der Waals surface area contributed by atoms with Gasteiger partial charge in [0.05, 0.1) is 13.2 Å². The van der Waals surface area contributed by atoms with Crippen molar-refractivity contribution in [2.75, 3.05) is 12.4 Å². The molecule has 1 aliphatic carbocycles. The molecular formula is C14H21N5O3. The van der Waals surface area contributed by atoms with E-state index in [-0.39, 0.29) is 24.3 Å². The van der Waals surface area contributed by atoms with Gasteiger partial charge >= 0.3 is 5.97 Å². The lowest BCUT2D eigenvalue weighted by Gasteiger charge is -2.24. The maximum Gasteiger partial charge on any atom is 0.313 e. The molecule has 8 nitrogen and oxygen atoms in total. The van der Waals surface area contributed by atoms with E-state index >= 15 is 0 Å². The second kappa shape index (κ2) is 6.43. The van der Waals surface area contributed by atoms with Crippen LogP contribution in [0.2, 0.25) is 0 Å². The molecule has 1 aromatic heterocycles. The van der Waals surface area contributed by atoms with E-state index in [1.165, 1.54) is 26.4 Å². The molecule has 1 saturated carbocycles. The molecule has 120 valence electrons. The van der Waals surface area contributed by atoms with Crippen LogP contribution in [-0.2, 0) is 20.7 Å². The normalized spacial score (nSPS) is 27.2. The Morgan fingerprint density at radius 2 is 2.18 bits per heavy atom. The minimum Gasteiger partial charge on any atom is -0.469 e. The van der Waals surface area contributed by atoms with Crippen LogP contribution >= 0.6 is 0 Å². The number of carbonyl (C=O) groups excluding carboxylic acids is 2. The van der Waals surface area contributed by atoms with Crippen molar-refractivity contribution in [3.63, 3.8) is 0 Å². The highest BCUT2D eigenvalue weighted by molar-refractivity contribution is 5.93. The molecule has 0 radical (unpaired) electrons. The van der Waals surface area contributed by atoms with Crippen molar-refractivity contribution in [2.24, 2.45) is 5.92 Å². The first kappa shape index (κ1) is 15.0. The number of hydrogen-bond donors (Lipinski definition) is 3. The van der Waals surface area contributed by atoms with E-state index in [1.54, 1.807) is 0 Å². The molecule has 1 saturated heterocycles. The molecular weight excluding hydrogens is 286 g/mol. The molecule has 8 heteroatoms. The number of aromatic nitrogens is 3. The number of rotatable bonds is 4. The summed E-state index contributed by atoms with van der Waals surface area (Å²) in [4.78, 5) is 27.5. The van der Waals surface area contributed by atoms with Crippen molar-refractivity contribution in [2.45, 2.75) is 50.6 Å². The minimum absolute atomic E-state index is 0.00516. The predicted molar refractivity (Wildman–Crippen MR) is 78.0 cm³/mol. The fourth-order valence-corrected chi connectivity index (χ4v) is 3.36. The van der Waals surface area contributed by atoms with Gasteiger partial charge in [0.2, 0.25) is 11.9 Å². The summed E-state index contributed by atoms with van der Waals surface area (Å²) in [5.74, 6) is 0.649. The van der Waals surface area contributed by atoms with Crippen LogP contribution in [0.5, 0.6) is 0 Å². The number of nitrogens with zero attached hydrogens (tertiary/aromatic N) is 2. The Kier molecular flexibility index (Phi) is 4.37. The van der Waals surface area contributed by atoms with Crippen molar-refractivity contribution < 1.29 is 14.3 Å². The van der Waals surface area contributed by atoms with Crippen LogP contribution in [0.3, 0.4) is 0 Å². The highest BCUT2D eigenvalue weighted by atomic mass is 16.5. The second-order valence-electron chi connectivity index (χ2n) is 5.95. The van der Waals surface area contributed by atoms with E-state index in [9.17, 15) is 9.59 Å². The van der Waals surface area contributed by atoms with Crippen molar-refractivity contribution in [1.29, 1.82) is 0 Å². The average molecular weight is 307 g/mol.